The minimum atomic E-state index is 0.0258. The van der Waals surface area contributed by atoms with Crippen molar-refractivity contribution in [1.29, 1.82) is 0 Å². The molecular weight excluding hydrogens is 332 g/mol. The Hall–Kier alpha value is -2.28. The van der Waals surface area contributed by atoms with Crippen LogP contribution in [-0.2, 0) is 9.53 Å². The van der Waals surface area contributed by atoms with Crippen LogP contribution in [0, 0.1) is 0 Å². The third kappa shape index (κ3) is 9.88. The van der Waals surface area contributed by atoms with Crippen LogP contribution in [0.25, 0.3) is 0 Å². The van der Waals surface area contributed by atoms with Crippen molar-refractivity contribution in [2.75, 3.05) is 45.3 Å². The van der Waals surface area contributed by atoms with Gasteiger partial charge in [-0.3, -0.25) is 9.79 Å². The van der Waals surface area contributed by atoms with Crippen molar-refractivity contribution >= 4 is 17.6 Å². The Morgan fingerprint density at radius 2 is 2.04 bits per heavy atom. The number of aliphatic imine (C=N–C) groups is 1. The van der Waals surface area contributed by atoms with Gasteiger partial charge >= 0.3 is 0 Å². The van der Waals surface area contributed by atoms with Crippen molar-refractivity contribution in [2.24, 2.45) is 4.99 Å². The van der Waals surface area contributed by atoms with Crippen LogP contribution >= 0.6 is 0 Å². The van der Waals surface area contributed by atoms with Crippen LogP contribution in [0.5, 0.6) is 5.75 Å². The molecule has 0 aliphatic heterocycles. The predicted octanol–water partition coefficient (Wildman–Crippen LogP) is 2.40. The molecule has 3 N–H and O–H groups in total. The Bertz CT molecular complexity index is 549. The van der Waals surface area contributed by atoms with Gasteiger partial charge in [-0.2, -0.15) is 0 Å². The molecule has 0 aromatic heterocycles. The normalized spacial score (nSPS) is 11.1. The summed E-state index contributed by atoms with van der Waals surface area (Å²) in [5, 5.41) is 9.27. The molecule has 7 heteroatoms. The molecule has 0 saturated carbocycles. The van der Waals surface area contributed by atoms with Crippen LogP contribution in [-0.4, -0.2) is 51.8 Å². The molecule has 0 heterocycles. The van der Waals surface area contributed by atoms with Crippen molar-refractivity contribution < 1.29 is 14.3 Å². The zero-order valence-corrected chi connectivity index (χ0v) is 16.1. The number of nitrogens with one attached hydrogen (secondary N) is 3. The van der Waals surface area contributed by atoms with E-state index in [1.165, 1.54) is 0 Å². The lowest BCUT2D eigenvalue weighted by atomic mass is 10.3. The molecule has 0 bridgehead atoms. The van der Waals surface area contributed by atoms with Crippen molar-refractivity contribution in [3.05, 3.63) is 24.3 Å². The highest BCUT2D eigenvalue weighted by molar-refractivity contribution is 5.93. The van der Waals surface area contributed by atoms with Crippen molar-refractivity contribution in [1.82, 2.24) is 10.6 Å². The van der Waals surface area contributed by atoms with Gasteiger partial charge in [0.2, 0.25) is 5.91 Å². The van der Waals surface area contributed by atoms with E-state index in [1.807, 2.05) is 38.1 Å². The number of methoxy groups -OCH3 is 1. The Labute approximate surface area is 156 Å². The molecule has 1 rings (SSSR count). The monoisotopic (exact) mass is 364 g/mol. The van der Waals surface area contributed by atoms with Crippen LogP contribution in [0.3, 0.4) is 0 Å². The van der Waals surface area contributed by atoms with Gasteiger partial charge in [-0.15, -0.1) is 0 Å². The molecule has 0 unspecified atom stereocenters. The summed E-state index contributed by atoms with van der Waals surface area (Å²) in [6, 6.07) is 7.71. The molecule has 0 atom stereocenters. The molecule has 0 saturated heterocycles. The van der Waals surface area contributed by atoms with E-state index in [0.29, 0.717) is 38.7 Å². The molecular formula is C19H32N4O3. The number of carbonyl (C=O) groups excluding carboxylic acids is 1. The van der Waals surface area contributed by atoms with Crippen molar-refractivity contribution in [3.8, 4) is 5.75 Å². The average molecular weight is 364 g/mol. The maximum atomic E-state index is 11.6. The Kier molecular flexibility index (Phi) is 11.7. The van der Waals surface area contributed by atoms with Gasteiger partial charge in [-0.05, 0) is 25.5 Å². The quantitative estimate of drug-likeness (QED) is 0.301. The molecule has 1 amide bonds. The topological polar surface area (TPSA) is 84.0 Å². The third-order valence-electron chi connectivity index (χ3n) is 3.38. The first kappa shape index (κ1) is 21.8. The highest BCUT2D eigenvalue weighted by Gasteiger charge is 2.03. The lowest BCUT2D eigenvalue weighted by Crippen LogP contribution is -2.31. The van der Waals surface area contributed by atoms with Gasteiger partial charge in [-0.1, -0.05) is 13.0 Å². The van der Waals surface area contributed by atoms with E-state index in [9.17, 15) is 4.79 Å². The molecule has 26 heavy (non-hydrogen) atoms. The smallest absolute Gasteiger partial charge is 0.221 e. The van der Waals surface area contributed by atoms with Gasteiger partial charge in [0.1, 0.15) is 5.75 Å². The van der Waals surface area contributed by atoms with Gasteiger partial charge in [0.25, 0.3) is 0 Å². The summed E-state index contributed by atoms with van der Waals surface area (Å²) in [6.07, 6.45) is 2.15. The van der Waals surface area contributed by atoms with Crippen LogP contribution in [0.1, 0.15) is 33.1 Å². The first-order valence-electron chi connectivity index (χ1n) is 9.23. The number of ether oxygens (including phenoxy) is 2. The van der Waals surface area contributed by atoms with Crippen LogP contribution in [0.4, 0.5) is 5.69 Å². The average Bonchev–Trinajstić information content (AvgIpc) is 2.64. The number of carbonyl (C=O) groups is 1. The Morgan fingerprint density at radius 3 is 2.77 bits per heavy atom. The molecule has 0 fully saturated rings. The summed E-state index contributed by atoms with van der Waals surface area (Å²) >= 11 is 0. The number of rotatable bonds is 12. The molecule has 146 valence electrons. The molecule has 0 spiro atoms. The van der Waals surface area contributed by atoms with Gasteiger partial charge in [0.15, 0.2) is 5.96 Å². The molecule has 0 radical (unpaired) electrons. The second kappa shape index (κ2) is 13.9. The largest absolute Gasteiger partial charge is 0.493 e. The number of hydrogen-bond donors (Lipinski definition) is 3. The van der Waals surface area contributed by atoms with Crippen LogP contribution in [0.15, 0.2) is 29.3 Å². The standard InChI is InChI=1S/C19H32N4O3/c1-4-11-21-18(24)10-12-22-19(20-5-2)23-16-8-6-9-17(15-16)26-14-7-13-25-3/h6,8-9,15H,4-5,7,10-14H2,1-3H3,(H,21,24)(H2,20,22,23). The van der Waals surface area contributed by atoms with E-state index in [2.05, 4.69) is 20.9 Å². The highest BCUT2D eigenvalue weighted by Crippen LogP contribution is 2.17. The van der Waals surface area contributed by atoms with Gasteiger partial charge in [-0.25, -0.2) is 0 Å². The highest BCUT2D eigenvalue weighted by atomic mass is 16.5. The maximum absolute atomic E-state index is 11.6. The fourth-order valence-electron chi connectivity index (χ4n) is 2.12. The van der Waals surface area contributed by atoms with E-state index in [-0.39, 0.29) is 5.91 Å². The zero-order valence-electron chi connectivity index (χ0n) is 16.1. The third-order valence-corrected chi connectivity index (χ3v) is 3.38. The lowest BCUT2D eigenvalue weighted by molar-refractivity contribution is -0.120. The molecule has 7 nitrogen and oxygen atoms in total. The number of nitrogens with zero attached hydrogens (tertiary/aromatic N) is 1. The van der Waals surface area contributed by atoms with E-state index < -0.39 is 0 Å². The molecule has 0 aliphatic rings. The van der Waals surface area contributed by atoms with E-state index in [1.54, 1.807) is 7.11 Å². The number of anilines is 1. The SMILES string of the molecule is CCCNC(=O)CCN=C(NCC)Nc1cccc(OCCCOC)c1. The molecule has 1 aromatic rings. The minimum absolute atomic E-state index is 0.0258. The Morgan fingerprint density at radius 1 is 1.19 bits per heavy atom. The first-order chi connectivity index (χ1) is 12.7. The summed E-state index contributed by atoms with van der Waals surface area (Å²) in [6.45, 7) is 7.19. The summed E-state index contributed by atoms with van der Waals surface area (Å²) < 4.78 is 10.7. The summed E-state index contributed by atoms with van der Waals surface area (Å²) in [5.74, 6) is 1.46. The van der Waals surface area contributed by atoms with Gasteiger partial charge < -0.3 is 25.4 Å². The van der Waals surface area contributed by atoms with E-state index in [0.717, 1.165) is 30.8 Å². The van der Waals surface area contributed by atoms with Crippen LogP contribution in [0.2, 0.25) is 0 Å². The zero-order chi connectivity index (χ0) is 19.0. The number of hydrogen-bond acceptors (Lipinski definition) is 4. The summed E-state index contributed by atoms with van der Waals surface area (Å²) in [5.41, 5.74) is 0.879. The second-order valence-corrected chi connectivity index (χ2v) is 5.71. The fraction of sp³-hybridized carbons (Fsp3) is 0.579. The number of benzene rings is 1. The summed E-state index contributed by atoms with van der Waals surface area (Å²) in [4.78, 5) is 16.1. The first-order valence-corrected chi connectivity index (χ1v) is 9.23. The van der Waals surface area contributed by atoms with E-state index >= 15 is 0 Å². The Balaban J connectivity index is 2.54. The second-order valence-electron chi connectivity index (χ2n) is 5.71. The van der Waals surface area contributed by atoms with E-state index in [4.69, 9.17) is 9.47 Å². The fourth-order valence-corrected chi connectivity index (χ4v) is 2.12. The van der Waals surface area contributed by atoms with Crippen molar-refractivity contribution in [3.63, 3.8) is 0 Å². The molecule has 0 aliphatic carbocycles. The number of guanidine groups is 1. The maximum Gasteiger partial charge on any atom is 0.221 e. The molecule has 1 aromatic carbocycles. The van der Waals surface area contributed by atoms with Gasteiger partial charge in [0.05, 0.1) is 13.2 Å². The van der Waals surface area contributed by atoms with Gasteiger partial charge in [0, 0.05) is 51.4 Å². The minimum Gasteiger partial charge on any atom is -0.493 e. The lowest BCUT2D eigenvalue weighted by Gasteiger charge is -2.13. The van der Waals surface area contributed by atoms with Crippen molar-refractivity contribution in [2.45, 2.75) is 33.1 Å². The van der Waals surface area contributed by atoms with Crippen LogP contribution < -0.4 is 20.7 Å². The number of amides is 1. The summed E-state index contributed by atoms with van der Waals surface area (Å²) in [7, 11) is 1.68. The predicted molar refractivity (Wildman–Crippen MR) is 106 cm³/mol.